The third-order valence-electron chi connectivity index (χ3n) is 8.24. The van der Waals surface area contributed by atoms with Gasteiger partial charge in [0.25, 0.3) is 5.91 Å². The highest BCUT2D eigenvalue weighted by molar-refractivity contribution is 6.37. The molecule has 0 radical (unpaired) electrons. The van der Waals surface area contributed by atoms with Crippen LogP contribution >= 0.6 is 23.2 Å². The number of ether oxygens (including phenoxy) is 2. The van der Waals surface area contributed by atoms with Gasteiger partial charge in [-0.25, -0.2) is 4.98 Å². The number of aliphatic carboxylic acids is 1. The lowest BCUT2D eigenvalue weighted by Gasteiger charge is -2.18. The van der Waals surface area contributed by atoms with Gasteiger partial charge in [-0.05, 0) is 53.8 Å². The number of halogens is 2. The number of carboxylic acids is 1. The summed E-state index contributed by atoms with van der Waals surface area (Å²) in [5, 5.41) is 28.3. The molecule has 0 saturated heterocycles. The lowest BCUT2D eigenvalue weighted by molar-refractivity contribution is -0.139. The standard InChI is InChI=1S/C35H34Cl2N6O6/c1-48-34-20(16-38-18-21(44)15-30(45)46)14-27(36)35(43-34)49-28-10-9-23-22(4-2-5-24(23)28)25-6-3-7-26(31(25)37)33(47)42-29-11-8-19(17-41-29)32-39-12-13-40-32/h2-8,11,14,17,21,28,38,44H,9-10,12-13,15-16,18H2,1H3,(H,39,40)(H,45,46)(H,41,42,47)/t21-,28-/m0/s1. The summed E-state index contributed by atoms with van der Waals surface area (Å²) >= 11 is 13.5. The number of hydrogen-bond donors (Lipinski definition) is 5. The average Bonchev–Trinajstić information content (AvgIpc) is 3.77. The molecule has 0 saturated carbocycles. The molecule has 2 aliphatic rings. The number of amidine groups is 1. The van der Waals surface area contributed by atoms with Crippen LogP contribution in [0.25, 0.3) is 11.1 Å². The maximum absolute atomic E-state index is 13.3. The van der Waals surface area contributed by atoms with Crippen LogP contribution in [0.3, 0.4) is 0 Å². The Bertz CT molecular complexity index is 1900. The molecular weight excluding hydrogens is 671 g/mol. The molecule has 1 amide bonds. The summed E-state index contributed by atoms with van der Waals surface area (Å²) in [6.07, 6.45) is 1.29. The van der Waals surface area contributed by atoms with Gasteiger partial charge in [0.2, 0.25) is 11.8 Å². The maximum atomic E-state index is 13.3. The Labute approximate surface area is 292 Å². The minimum absolute atomic E-state index is 0.0734. The smallest absolute Gasteiger partial charge is 0.306 e. The molecule has 0 unspecified atom stereocenters. The van der Waals surface area contributed by atoms with Crippen molar-refractivity contribution in [3.63, 3.8) is 0 Å². The Morgan fingerprint density at radius 2 is 1.92 bits per heavy atom. The van der Waals surface area contributed by atoms with Crippen molar-refractivity contribution in [2.45, 2.75) is 38.0 Å². The van der Waals surface area contributed by atoms with Crippen molar-refractivity contribution >= 4 is 46.7 Å². The second kappa shape index (κ2) is 15.2. The Morgan fingerprint density at radius 3 is 2.65 bits per heavy atom. The normalized spacial score (nSPS) is 15.6. The number of amides is 1. The number of aliphatic hydroxyl groups is 1. The van der Waals surface area contributed by atoms with Gasteiger partial charge in [-0.3, -0.25) is 14.6 Å². The molecule has 14 heteroatoms. The number of aromatic nitrogens is 2. The monoisotopic (exact) mass is 704 g/mol. The summed E-state index contributed by atoms with van der Waals surface area (Å²) in [4.78, 5) is 37.4. The van der Waals surface area contributed by atoms with Gasteiger partial charge in [0.15, 0.2) is 0 Å². The second-order valence-electron chi connectivity index (χ2n) is 11.6. The molecule has 1 aliphatic carbocycles. The lowest BCUT2D eigenvalue weighted by Crippen LogP contribution is -2.28. The molecule has 2 aromatic heterocycles. The van der Waals surface area contributed by atoms with Crippen molar-refractivity contribution in [1.29, 1.82) is 0 Å². The zero-order valence-electron chi connectivity index (χ0n) is 26.5. The topological polar surface area (TPSA) is 167 Å². The molecule has 254 valence electrons. The van der Waals surface area contributed by atoms with Gasteiger partial charge in [-0.15, -0.1) is 0 Å². The second-order valence-corrected chi connectivity index (χ2v) is 12.3. The van der Waals surface area contributed by atoms with Crippen LogP contribution in [0.1, 0.15) is 51.6 Å². The number of nitrogens with zero attached hydrogens (tertiary/aromatic N) is 3. The molecule has 2 atom stereocenters. The number of carboxylic acid groups (broad SMARTS) is 1. The fraction of sp³-hybridized carbons (Fsp3) is 0.286. The molecule has 6 rings (SSSR count). The van der Waals surface area contributed by atoms with E-state index >= 15 is 0 Å². The largest absolute Gasteiger partial charge is 0.481 e. The zero-order valence-corrected chi connectivity index (χ0v) is 28.0. The first-order valence-electron chi connectivity index (χ1n) is 15.7. The number of carbonyl (C=O) groups is 2. The van der Waals surface area contributed by atoms with Crippen LogP contribution in [0, 0.1) is 0 Å². The number of nitrogens with one attached hydrogen (secondary N) is 3. The molecule has 0 fully saturated rings. The number of carbonyl (C=O) groups excluding carboxylic acids is 1. The van der Waals surface area contributed by atoms with E-state index in [9.17, 15) is 14.7 Å². The molecule has 0 bridgehead atoms. The SMILES string of the molecule is COc1nc(O[C@H]2CCc3c(-c4cccc(C(=O)Nc5ccc(C6=NCCN6)cn5)c4Cl)cccc32)c(Cl)cc1CNC[C@@H](O)CC(=O)O. The minimum atomic E-state index is -1.08. The molecule has 0 spiro atoms. The van der Waals surface area contributed by atoms with Crippen molar-refractivity contribution < 1.29 is 29.3 Å². The number of aliphatic imine (C=N–C) groups is 1. The molecule has 49 heavy (non-hydrogen) atoms. The highest BCUT2D eigenvalue weighted by Crippen LogP contribution is 2.43. The first-order chi connectivity index (χ1) is 23.7. The first kappa shape index (κ1) is 34.1. The van der Waals surface area contributed by atoms with E-state index in [1.165, 1.54) is 7.11 Å². The summed E-state index contributed by atoms with van der Waals surface area (Å²) in [6.45, 7) is 1.84. The zero-order chi connectivity index (χ0) is 34.5. The Balaban J connectivity index is 1.17. The molecule has 1 aliphatic heterocycles. The third-order valence-corrected chi connectivity index (χ3v) is 8.92. The summed E-state index contributed by atoms with van der Waals surface area (Å²) < 4.78 is 11.8. The lowest BCUT2D eigenvalue weighted by atomic mass is 9.95. The van der Waals surface area contributed by atoms with E-state index in [0.29, 0.717) is 40.7 Å². The predicted octanol–water partition coefficient (Wildman–Crippen LogP) is 5.05. The molecule has 3 heterocycles. The van der Waals surface area contributed by atoms with E-state index in [4.69, 9.17) is 37.8 Å². The van der Waals surface area contributed by atoms with Crippen LogP contribution in [-0.4, -0.2) is 70.7 Å². The Morgan fingerprint density at radius 1 is 1.10 bits per heavy atom. The minimum Gasteiger partial charge on any atom is -0.481 e. The van der Waals surface area contributed by atoms with Crippen molar-refractivity contribution in [2.24, 2.45) is 4.99 Å². The molecule has 12 nitrogen and oxygen atoms in total. The number of benzene rings is 2. The van der Waals surface area contributed by atoms with Crippen LogP contribution in [0.15, 0.2) is 65.8 Å². The molecule has 2 aromatic carbocycles. The summed E-state index contributed by atoms with van der Waals surface area (Å²) in [5.74, 6) is 0.238. The van der Waals surface area contributed by atoms with Gasteiger partial charge in [-0.1, -0.05) is 53.5 Å². The van der Waals surface area contributed by atoms with Crippen molar-refractivity contribution in [3.05, 3.63) is 98.7 Å². The van der Waals surface area contributed by atoms with Crippen molar-refractivity contribution in [2.75, 3.05) is 32.1 Å². The first-order valence-corrected chi connectivity index (χ1v) is 16.4. The predicted molar refractivity (Wildman–Crippen MR) is 186 cm³/mol. The Kier molecular flexibility index (Phi) is 10.6. The van der Waals surface area contributed by atoms with E-state index < -0.39 is 12.1 Å². The molecular formula is C35H34Cl2N6O6. The number of methoxy groups -OCH3 is 1. The number of fused-ring (bicyclic) bond motifs is 1. The summed E-state index contributed by atoms with van der Waals surface area (Å²) in [5.41, 5.74) is 5.44. The van der Waals surface area contributed by atoms with E-state index in [1.54, 1.807) is 30.5 Å². The van der Waals surface area contributed by atoms with Crippen LogP contribution in [0.2, 0.25) is 10.0 Å². The quantitative estimate of drug-likeness (QED) is 0.127. The average molecular weight is 706 g/mol. The highest BCUT2D eigenvalue weighted by atomic mass is 35.5. The van der Waals surface area contributed by atoms with Gasteiger partial charge < -0.3 is 35.6 Å². The van der Waals surface area contributed by atoms with Gasteiger partial charge in [0.1, 0.15) is 22.8 Å². The van der Waals surface area contributed by atoms with Crippen LogP contribution < -0.4 is 25.4 Å². The Hall–Kier alpha value is -4.75. The van der Waals surface area contributed by atoms with Crippen LogP contribution in [0.4, 0.5) is 5.82 Å². The van der Waals surface area contributed by atoms with E-state index in [1.807, 2.05) is 30.3 Å². The van der Waals surface area contributed by atoms with Crippen LogP contribution in [-0.2, 0) is 17.8 Å². The summed E-state index contributed by atoms with van der Waals surface area (Å²) in [7, 11) is 1.48. The number of pyridine rings is 2. The number of rotatable bonds is 13. The number of aliphatic hydroxyl groups excluding tert-OH is 1. The van der Waals surface area contributed by atoms with Gasteiger partial charge >= 0.3 is 5.97 Å². The van der Waals surface area contributed by atoms with Crippen molar-refractivity contribution in [3.8, 4) is 22.9 Å². The fourth-order valence-corrected chi connectivity index (χ4v) is 6.48. The summed E-state index contributed by atoms with van der Waals surface area (Å²) in [6, 6.07) is 16.5. The molecule has 4 aromatic rings. The number of anilines is 1. The van der Waals surface area contributed by atoms with E-state index in [0.717, 1.165) is 46.7 Å². The number of hydrogen-bond acceptors (Lipinski definition) is 10. The maximum Gasteiger partial charge on any atom is 0.306 e. The third kappa shape index (κ3) is 7.78. The van der Waals surface area contributed by atoms with Gasteiger partial charge in [0.05, 0.1) is 36.8 Å². The highest BCUT2D eigenvalue weighted by Gasteiger charge is 2.29. The van der Waals surface area contributed by atoms with Gasteiger partial charge in [0, 0.05) is 42.5 Å². The van der Waals surface area contributed by atoms with E-state index in [-0.39, 0.29) is 42.4 Å². The molecule has 5 N–H and O–H groups in total. The van der Waals surface area contributed by atoms with Crippen molar-refractivity contribution in [1.82, 2.24) is 20.6 Å². The van der Waals surface area contributed by atoms with Crippen LogP contribution in [0.5, 0.6) is 11.8 Å². The fourth-order valence-electron chi connectivity index (χ4n) is 5.95. The van der Waals surface area contributed by atoms with Gasteiger partial charge in [-0.2, -0.15) is 4.98 Å². The van der Waals surface area contributed by atoms with E-state index in [2.05, 4.69) is 30.9 Å².